The van der Waals surface area contributed by atoms with E-state index in [0.717, 1.165) is 0 Å². The first-order chi connectivity index (χ1) is 3.31. The molecule has 0 aliphatic heterocycles. The zero-order chi connectivity index (χ0) is 5.70. The minimum Gasteiger partial charge on any atom is -0.436 e. The highest BCUT2D eigenvalue weighted by molar-refractivity contribution is 5.58. The van der Waals surface area contributed by atoms with E-state index in [4.69, 9.17) is 0 Å². The Labute approximate surface area is 48.3 Å². The standard InChI is InChI=1S/C3H6O4.CH4/c1-5-3(4)7-6-2;/h1-2H3;1H4. The molecule has 0 aromatic heterocycles. The number of carbonyl (C=O) groups excluding carboxylic acids is 1. The minimum absolute atomic E-state index is 0. The molecule has 0 saturated heterocycles. The summed E-state index contributed by atoms with van der Waals surface area (Å²) in [6.07, 6.45) is -0.845. The Hall–Kier alpha value is -0.770. The molecule has 0 spiro atoms. The third-order valence-electron chi connectivity index (χ3n) is 0.318. The second-order valence-corrected chi connectivity index (χ2v) is 0.704. The summed E-state index contributed by atoms with van der Waals surface area (Å²) in [5, 5.41) is 0. The van der Waals surface area contributed by atoms with E-state index >= 15 is 0 Å². The molecule has 0 radical (unpaired) electrons. The zero-order valence-corrected chi connectivity index (χ0v) is 4.13. The van der Waals surface area contributed by atoms with Gasteiger partial charge in [0.2, 0.25) is 0 Å². The van der Waals surface area contributed by atoms with E-state index in [-0.39, 0.29) is 7.43 Å². The second kappa shape index (κ2) is 6.23. The van der Waals surface area contributed by atoms with Crippen LogP contribution in [0, 0.1) is 0 Å². The smallest absolute Gasteiger partial charge is 0.436 e. The van der Waals surface area contributed by atoms with Gasteiger partial charge in [-0.1, -0.05) is 7.43 Å². The number of hydrogen-bond acceptors (Lipinski definition) is 4. The van der Waals surface area contributed by atoms with Gasteiger partial charge in [0.15, 0.2) is 0 Å². The van der Waals surface area contributed by atoms with Crippen LogP contribution in [0.1, 0.15) is 7.43 Å². The molecule has 8 heavy (non-hydrogen) atoms. The van der Waals surface area contributed by atoms with Gasteiger partial charge in [0.25, 0.3) is 0 Å². The van der Waals surface area contributed by atoms with E-state index in [9.17, 15) is 4.79 Å². The lowest BCUT2D eigenvalue weighted by atomic mass is 11.4. The van der Waals surface area contributed by atoms with Gasteiger partial charge in [0.05, 0.1) is 14.2 Å². The summed E-state index contributed by atoms with van der Waals surface area (Å²) in [6, 6.07) is 0. The van der Waals surface area contributed by atoms with Crippen LogP contribution in [-0.4, -0.2) is 20.4 Å². The maximum Gasteiger partial charge on any atom is 0.540 e. The maximum atomic E-state index is 9.84. The maximum absolute atomic E-state index is 9.84. The van der Waals surface area contributed by atoms with Crippen molar-refractivity contribution in [1.82, 2.24) is 0 Å². The predicted molar refractivity (Wildman–Crippen MR) is 27.2 cm³/mol. The average molecular weight is 122 g/mol. The number of carbonyl (C=O) groups is 1. The molecule has 0 atom stereocenters. The first-order valence-electron chi connectivity index (χ1n) is 1.60. The molecule has 0 aliphatic rings. The lowest BCUT2D eigenvalue weighted by Gasteiger charge is -1.92. The number of methoxy groups -OCH3 is 1. The van der Waals surface area contributed by atoms with Gasteiger partial charge >= 0.3 is 6.16 Å². The van der Waals surface area contributed by atoms with Crippen LogP contribution in [0.3, 0.4) is 0 Å². The Balaban J connectivity index is 0. The second-order valence-electron chi connectivity index (χ2n) is 0.704. The summed E-state index contributed by atoms with van der Waals surface area (Å²) >= 11 is 0. The van der Waals surface area contributed by atoms with Crippen molar-refractivity contribution in [3.05, 3.63) is 0 Å². The van der Waals surface area contributed by atoms with Crippen molar-refractivity contribution in [1.29, 1.82) is 0 Å². The summed E-state index contributed by atoms with van der Waals surface area (Å²) in [6.45, 7) is 0. The van der Waals surface area contributed by atoms with Crippen LogP contribution >= 0.6 is 0 Å². The average Bonchev–Trinajstić information content (AvgIpc) is 1.68. The van der Waals surface area contributed by atoms with Crippen molar-refractivity contribution < 1.29 is 19.3 Å². The van der Waals surface area contributed by atoms with Crippen LogP contribution in [0.25, 0.3) is 0 Å². The highest BCUT2D eigenvalue weighted by Gasteiger charge is 1.95. The first kappa shape index (κ1) is 10.3. The minimum atomic E-state index is -0.845. The molecule has 0 unspecified atom stereocenters. The summed E-state index contributed by atoms with van der Waals surface area (Å²) in [7, 11) is 2.41. The van der Waals surface area contributed by atoms with Crippen LogP contribution in [0.4, 0.5) is 4.79 Å². The molecule has 0 N–H and O–H groups in total. The molecule has 50 valence electrons. The van der Waals surface area contributed by atoms with Crippen LogP contribution < -0.4 is 0 Å². The summed E-state index contributed by atoms with van der Waals surface area (Å²) in [5.74, 6) is 0. The molecule has 0 aromatic rings. The van der Waals surface area contributed by atoms with Gasteiger partial charge in [-0.3, -0.25) is 4.89 Å². The van der Waals surface area contributed by atoms with Gasteiger partial charge in [0, 0.05) is 0 Å². The Bertz CT molecular complexity index is 61.1. The summed E-state index contributed by atoms with van der Waals surface area (Å²) in [5.41, 5.74) is 0. The van der Waals surface area contributed by atoms with Crippen LogP contribution in [0.15, 0.2) is 0 Å². The van der Waals surface area contributed by atoms with E-state index in [1.165, 1.54) is 14.2 Å². The number of rotatable bonds is 1. The fourth-order valence-electron chi connectivity index (χ4n) is 0.102. The molecule has 0 aromatic carbocycles. The highest BCUT2D eigenvalue weighted by Crippen LogP contribution is 1.78. The first-order valence-corrected chi connectivity index (χ1v) is 1.60. The fourth-order valence-corrected chi connectivity index (χ4v) is 0.102. The molecule has 4 nitrogen and oxygen atoms in total. The van der Waals surface area contributed by atoms with Gasteiger partial charge in [-0.15, -0.1) is 0 Å². The Morgan fingerprint density at radius 3 is 2.00 bits per heavy atom. The normalized spacial score (nSPS) is 6.75. The zero-order valence-electron chi connectivity index (χ0n) is 4.13. The lowest BCUT2D eigenvalue weighted by Crippen LogP contribution is -2.01. The van der Waals surface area contributed by atoms with Gasteiger partial charge in [-0.05, 0) is 0 Å². The van der Waals surface area contributed by atoms with Crippen molar-refractivity contribution >= 4 is 6.16 Å². The van der Waals surface area contributed by atoms with Gasteiger partial charge in [0.1, 0.15) is 0 Å². The van der Waals surface area contributed by atoms with E-state index in [0.29, 0.717) is 0 Å². The molecule has 0 aliphatic carbocycles. The number of hydrogen-bond donors (Lipinski definition) is 0. The third-order valence-corrected chi connectivity index (χ3v) is 0.318. The van der Waals surface area contributed by atoms with Gasteiger partial charge in [-0.2, -0.15) is 4.89 Å². The van der Waals surface area contributed by atoms with Crippen molar-refractivity contribution in [2.75, 3.05) is 14.2 Å². The molecule has 4 heteroatoms. The van der Waals surface area contributed by atoms with Crippen molar-refractivity contribution in [2.24, 2.45) is 0 Å². The van der Waals surface area contributed by atoms with E-state index in [2.05, 4.69) is 14.5 Å². The lowest BCUT2D eigenvalue weighted by molar-refractivity contribution is -0.229. The molecule has 0 amide bonds. The molecule has 0 rings (SSSR count). The SMILES string of the molecule is C.COOC(=O)OC. The number of ether oxygens (including phenoxy) is 1. The molecule has 0 fully saturated rings. The quantitative estimate of drug-likeness (QED) is 0.295. The van der Waals surface area contributed by atoms with E-state index in [1.807, 2.05) is 0 Å². The molecular formula is C4H10O4. The summed E-state index contributed by atoms with van der Waals surface area (Å²) in [4.78, 5) is 17.6. The van der Waals surface area contributed by atoms with Gasteiger partial charge < -0.3 is 4.74 Å². The fraction of sp³-hybridized carbons (Fsp3) is 0.750. The Morgan fingerprint density at radius 2 is 1.88 bits per heavy atom. The molecule has 0 saturated carbocycles. The van der Waals surface area contributed by atoms with Crippen LogP contribution in [0.5, 0.6) is 0 Å². The largest absolute Gasteiger partial charge is 0.540 e. The highest BCUT2D eigenvalue weighted by atomic mass is 17.2. The van der Waals surface area contributed by atoms with Crippen LogP contribution in [-0.2, 0) is 14.5 Å². The Morgan fingerprint density at radius 1 is 1.38 bits per heavy atom. The van der Waals surface area contributed by atoms with Crippen molar-refractivity contribution in [2.45, 2.75) is 7.43 Å². The Kier molecular flexibility index (Phi) is 7.99. The molecular weight excluding hydrogens is 112 g/mol. The van der Waals surface area contributed by atoms with Crippen molar-refractivity contribution in [3.8, 4) is 0 Å². The third kappa shape index (κ3) is 5.23. The van der Waals surface area contributed by atoms with Crippen LogP contribution in [0.2, 0.25) is 0 Å². The monoisotopic (exact) mass is 122 g/mol. The van der Waals surface area contributed by atoms with Gasteiger partial charge in [-0.25, -0.2) is 4.79 Å². The predicted octanol–water partition coefficient (Wildman–Crippen LogP) is 0.967. The molecule has 0 heterocycles. The topological polar surface area (TPSA) is 44.8 Å². The van der Waals surface area contributed by atoms with E-state index < -0.39 is 6.16 Å². The summed E-state index contributed by atoms with van der Waals surface area (Å²) < 4.78 is 4.00. The molecule has 0 bridgehead atoms. The van der Waals surface area contributed by atoms with E-state index in [1.54, 1.807) is 0 Å². The van der Waals surface area contributed by atoms with Crippen molar-refractivity contribution in [3.63, 3.8) is 0 Å².